The van der Waals surface area contributed by atoms with Crippen LogP contribution in [0.4, 0.5) is 8.78 Å². The summed E-state index contributed by atoms with van der Waals surface area (Å²) in [5, 5.41) is 15.6. The van der Waals surface area contributed by atoms with Gasteiger partial charge in [-0.3, -0.25) is 14.4 Å². The number of nitriles is 1. The van der Waals surface area contributed by atoms with E-state index in [1.54, 1.807) is 24.3 Å². The first-order valence-electron chi connectivity index (χ1n) is 12.6. The number of rotatable bonds is 6. The molecule has 11 heteroatoms. The van der Waals surface area contributed by atoms with Gasteiger partial charge in [0.1, 0.15) is 23.5 Å². The van der Waals surface area contributed by atoms with Crippen LogP contribution in [0.1, 0.15) is 49.0 Å². The number of nitrogens with zero attached hydrogens (tertiary/aromatic N) is 2. The zero-order valence-electron chi connectivity index (χ0n) is 20.4. The molecule has 3 saturated heterocycles. The number of fused-ring (bicyclic) bond motifs is 4. The molecule has 0 spiro atoms. The Hall–Kier alpha value is -3.68. The second kappa shape index (κ2) is 9.65. The van der Waals surface area contributed by atoms with Gasteiger partial charge in [-0.25, -0.2) is 8.78 Å². The van der Waals surface area contributed by atoms with Gasteiger partial charge >= 0.3 is 0 Å². The highest BCUT2D eigenvalue weighted by Gasteiger charge is 2.60. The van der Waals surface area contributed by atoms with Crippen LogP contribution >= 0.6 is 0 Å². The quantitative estimate of drug-likeness (QED) is 0.547. The largest absolute Gasteiger partial charge is 0.496 e. The minimum Gasteiger partial charge on any atom is -0.496 e. The van der Waals surface area contributed by atoms with Gasteiger partial charge < -0.3 is 25.3 Å². The normalized spacial score (nSPS) is 27.3. The molecule has 1 saturated carbocycles. The fraction of sp³-hybridized carbons (Fsp3) is 0.538. The van der Waals surface area contributed by atoms with Gasteiger partial charge in [-0.2, -0.15) is 5.26 Å². The van der Waals surface area contributed by atoms with Crippen molar-refractivity contribution in [1.29, 1.82) is 5.26 Å². The van der Waals surface area contributed by atoms with E-state index >= 15 is 0 Å². The number of aromatic nitrogens is 1. The molecular formula is C26H29F2N5O4. The molecule has 4 heterocycles. The molecule has 3 N–H and O–H groups in total. The highest BCUT2D eigenvalue weighted by Crippen LogP contribution is 2.49. The lowest BCUT2D eigenvalue weighted by Gasteiger charge is -2.53. The van der Waals surface area contributed by atoms with Crippen molar-refractivity contribution in [3.8, 4) is 11.8 Å². The zero-order valence-corrected chi connectivity index (χ0v) is 20.4. The summed E-state index contributed by atoms with van der Waals surface area (Å²) in [6.45, 7) is 0.565. The van der Waals surface area contributed by atoms with Gasteiger partial charge in [0.05, 0.1) is 19.1 Å². The first kappa shape index (κ1) is 25.0. The first-order valence-corrected chi connectivity index (χ1v) is 12.6. The Morgan fingerprint density at radius 2 is 2.14 bits per heavy atom. The first-order chi connectivity index (χ1) is 17.7. The zero-order chi connectivity index (χ0) is 26.3. The smallest absolute Gasteiger partial charge is 0.271 e. The van der Waals surface area contributed by atoms with Gasteiger partial charge in [0.2, 0.25) is 11.8 Å². The molecular weight excluding hydrogens is 484 g/mol. The SMILES string of the molecule is COc1cccc2[nH]c(C(=O)N3[C@H]4CC[C@@H]([C@H]3C(=O)N[C@H](C#N)C[C@@H]3CCCNC3=O)C(F)(F)C4)cc12. The molecule has 5 atom stereocenters. The highest BCUT2D eigenvalue weighted by atomic mass is 19.3. The van der Waals surface area contributed by atoms with Crippen LogP contribution in [0.5, 0.6) is 5.75 Å². The lowest BCUT2D eigenvalue weighted by atomic mass is 9.71. The van der Waals surface area contributed by atoms with Crippen molar-refractivity contribution in [2.45, 2.75) is 62.6 Å². The molecule has 0 unspecified atom stereocenters. The van der Waals surface area contributed by atoms with Crippen molar-refractivity contribution >= 4 is 28.6 Å². The van der Waals surface area contributed by atoms with Crippen molar-refractivity contribution in [3.05, 3.63) is 30.0 Å². The van der Waals surface area contributed by atoms with E-state index in [1.165, 1.54) is 12.0 Å². The minimum atomic E-state index is -3.11. The van der Waals surface area contributed by atoms with Crippen LogP contribution in [0, 0.1) is 23.2 Å². The van der Waals surface area contributed by atoms with Gasteiger partial charge in [0.25, 0.3) is 11.8 Å². The fourth-order valence-electron chi connectivity index (χ4n) is 6.10. The molecule has 196 valence electrons. The van der Waals surface area contributed by atoms with Gasteiger partial charge in [0, 0.05) is 35.8 Å². The number of nitrogens with one attached hydrogen (secondary N) is 3. The fourth-order valence-corrected chi connectivity index (χ4v) is 6.10. The number of ether oxygens (including phenoxy) is 1. The minimum absolute atomic E-state index is 0.0844. The van der Waals surface area contributed by atoms with Crippen molar-refractivity contribution in [1.82, 2.24) is 20.5 Å². The van der Waals surface area contributed by atoms with E-state index in [0.29, 0.717) is 36.0 Å². The van der Waals surface area contributed by atoms with Gasteiger partial charge in [-0.05, 0) is 50.3 Å². The maximum absolute atomic E-state index is 15.0. The number of benzene rings is 1. The van der Waals surface area contributed by atoms with Gasteiger partial charge in [0.15, 0.2) is 0 Å². The average molecular weight is 514 g/mol. The molecule has 4 aliphatic rings. The number of carbonyl (C=O) groups excluding carboxylic acids is 3. The molecule has 37 heavy (non-hydrogen) atoms. The number of aromatic amines is 1. The Kier molecular flexibility index (Phi) is 6.52. The Labute approximate surface area is 212 Å². The molecule has 1 aliphatic carbocycles. The molecule has 2 bridgehead atoms. The molecule has 3 amide bonds. The number of amides is 3. The maximum Gasteiger partial charge on any atom is 0.271 e. The molecule has 6 rings (SSSR count). The second-order valence-corrected chi connectivity index (χ2v) is 10.1. The van der Waals surface area contributed by atoms with Crippen molar-refractivity contribution in [2.24, 2.45) is 11.8 Å². The molecule has 3 aliphatic heterocycles. The topological polar surface area (TPSA) is 127 Å². The van der Waals surface area contributed by atoms with Crippen LogP contribution < -0.4 is 15.4 Å². The summed E-state index contributed by atoms with van der Waals surface area (Å²) in [7, 11) is 1.51. The molecule has 1 aromatic heterocycles. The lowest BCUT2D eigenvalue weighted by molar-refractivity contribution is -0.179. The monoisotopic (exact) mass is 513 g/mol. The number of piperidine rings is 3. The number of alkyl halides is 2. The van der Waals surface area contributed by atoms with Crippen LogP contribution in [-0.2, 0) is 9.59 Å². The van der Waals surface area contributed by atoms with Crippen molar-refractivity contribution < 1.29 is 27.9 Å². The standard InChI is InChI=1S/C26H29F2N5O4/c1-37-21-6-2-5-19-17(21)11-20(32-19)25(36)33-16-7-8-18(26(27,28)12-16)22(33)24(35)31-15(13-29)10-14-4-3-9-30-23(14)34/h2,5-6,11,14-16,18,22,32H,3-4,7-10,12H2,1H3,(H,30,34)(H,31,35)/t14-,15-,16-,18-,22-/m0/s1. The summed E-state index contributed by atoms with van der Waals surface area (Å²) in [5.74, 6) is -5.90. The van der Waals surface area contributed by atoms with E-state index in [-0.39, 0.29) is 24.4 Å². The van der Waals surface area contributed by atoms with Crippen LogP contribution in [0.15, 0.2) is 24.3 Å². The summed E-state index contributed by atoms with van der Waals surface area (Å²) in [6.07, 6.45) is 1.38. The number of methoxy groups -OCH3 is 1. The Morgan fingerprint density at radius 3 is 2.84 bits per heavy atom. The van der Waals surface area contributed by atoms with Crippen LogP contribution in [0.2, 0.25) is 0 Å². The summed E-state index contributed by atoms with van der Waals surface area (Å²) < 4.78 is 35.4. The van der Waals surface area contributed by atoms with E-state index in [1.807, 2.05) is 6.07 Å². The predicted octanol–water partition coefficient (Wildman–Crippen LogP) is 2.73. The third-order valence-electron chi connectivity index (χ3n) is 7.90. The van der Waals surface area contributed by atoms with Crippen LogP contribution in [-0.4, -0.2) is 65.3 Å². The molecule has 0 radical (unpaired) electrons. The summed E-state index contributed by atoms with van der Waals surface area (Å²) >= 11 is 0. The Balaban J connectivity index is 1.42. The third kappa shape index (κ3) is 4.49. The van der Waals surface area contributed by atoms with Crippen molar-refractivity contribution in [2.75, 3.05) is 13.7 Å². The number of hydrogen-bond donors (Lipinski definition) is 3. The predicted molar refractivity (Wildman–Crippen MR) is 129 cm³/mol. The van der Waals surface area contributed by atoms with E-state index in [9.17, 15) is 28.4 Å². The van der Waals surface area contributed by atoms with Crippen LogP contribution in [0.3, 0.4) is 0 Å². The van der Waals surface area contributed by atoms with Crippen LogP contribution in [0.25, 0.3) is 10.9 Å². The Bertz CT molecular complexity index is 1270. The summed E-state index contributed by atoms with van der Waals surface area (Å²) in [5.41, 5.74) is 0.815. The lowest BCUT2D eigenvalue weighted by Crippen LogP contribution is -2.68. The van der Waals surface area contributed by atoms with Crippen molar-refractivity contribution in [3.63, 3.8) is 0 Å². The molecule has 9 nitrogen and oxygen atoms in total. The summed E-state index contributed by atoms with van der Waals surface area (Å²) in [6, 6.07) is 5.59. The second-order valence-electron chi connectivity index (χ2n) is 10.1. The highest BCUT2D eigenvalue weighted by molar-refractivity contribution is 6.02. The summed E-state index contributed by atoms with van der Waals surface area (Å²) in [4.78, 5) is 43.6. The average Bonchev–Trinajstić information content (AvgIpc) is 3.33. The molecule has 1 aromatic carbocycles. The Morgan fingerprint density at radius 1 is 1.32 bits per heavy atom. The number of carbonyl (C=O) groups is 3. The number of halogens is 2. The number of hydrogen-bond acceptors (Lipinski definition) is 5. The number of H-pyrrole nitrogens is 1. The maximum atomic E-state index is 15.0. The van der Waals surface area contributed by atoms with Gasteiger partial charge in [-0.1, -0.05) is 6.07 Å². The molecule has 4 fully saturated rings. The van der Waals surface area contributed by atoms with Gasteiger partial charge in [-0.15, -0.1) is 0 Å². The van der Waals surface area contributed by atoms with E-state index in [0.717, 1.165) is 6.42 Å². The van der Waals surface area contributed by atoms with E-state index < -0.39 is 54.1 Å². The molecule has 2 aromatic rings. The van der Waals surface area contributed by atoms with E-state index in [4.69, 9.17) is 4.74 Å². The third-order valence-corrected chi connectivity index (χ3v) is 7.90. The van der Waals surface area contributed by atoms with E-state index in [2.05, 4.69) is 15.6 Å².